The highest BCUT2D eigenvalue weighted by Crippen LogP contribution is 2.22. The molecule has 154 valence electrons. The van der Waals surface area contributed by atoms with Gasteiger partial charge in [0, 0.05) is 32.8 Å². The van der Waals surface area contributed by atoms with Crippen LogP contribution in [-0.4, -0.2) is 29.7 Å². The van der Waals surface area contributed by atoms with Crippen molar-refractivity contribution >= 4 is 39.6 Å². The average Bonchev–Trinajstić information content (AvgIpc) is 3.01. The first-order valence-electron chi connectivity index (χ1n) is 9.12. The van der Waals surface area contributed by atoms with E-state index >= 15 is 0 Å². The number of methoxy groups -OCH3 is 1. The largest absolute Gasteiger partial charge is 0.497 e. The molecule has 2 amide bonds. The molecular formula is C22H21BrN4O3. The summed E-state index contributed by atoms with van der Waals surface area (Å²) in [5.74, 6) is -0.865. The number of ether oxygens (including phenoxy) is 1. The van der Waals surface area contributed by atoms with Crippen molar-refractivity contribution < 1.29 is 14.3 Å². The number of nitrogens with one attached hydrogen (secondary N) is 2. The van der Waals surface area contributed by atoms with Crippen LogP contribution in [0.5, 0.6) is 5.75 Å². The van der Waals surface area contributed by atoms with Crippen molar-refractivity contribution in [1.29, 1.82) is 0 Å². The lowest BCUT2D eigenvalue weighted by molar-refractivity contribution is -0.136. The fourth-order valence-electron chi connectivity index (χ4n) is 3.01. The third kappa shape index (κ3) is 4.96. The SMILES string of the molecule is COc1ccc(-n2c(C)cc(/C=N\NC(=O)C(=O)Nc3cccc(Br)c3)c2C)cc1. The van der Waals surface area contributed by atoms with Crippen molar-refractivity contribution in [2.24, 2.45) is 5.10 Å². The Morgan fingerprint density at radius 2 is 1.80 bits per heavy atom. The van der Waals surface area contributed by atoms with Crippen LogP contribution < -0.4 is 15.5 Å². The van der Waals surface area contributed by atoms with E-state index in [1.54, 1.807) is 25.3 Å². The molecule has 2 N–H and O–H groups in total. The van der Waals surface area contributed by atoms with E-state index in [1.807, 2.05) is 50.2 Å². The Balaban J connectivity index is 1.67. The molecule has 0 spiro atoms. The fourth-order valence-corrected chi connectivity index (χ4v) is 3.41. The molecular weight excluding hydrogens is 448 g/mol. The van der Waals surface area contributed by atoms with Crippen LogP contribution in [0.15, 0.2) is 64.2 Å². The van der Waals surface area contributed by atoms with E-state index in [0.717, 1.165) is 32.9 Å². The highest BCUT2D eigenvalue weighted by molar-refractivity contribution is 9.10. The van der Waals surface area contributed by atoms with Gasteiger partial charge in [0.1, 0.15) is 5.75 Å². The van der Waals surface area contributed by atoms with Crippen molar-refractivity contribution in [1.82, 2.24) is 9.99 Å². The second-order valence-corrected chi connectivity index (χ2v) is 7.44. The Bertz CT molecular complexity index is 1100. The number of carbonyl (C=O) groups excluding carboxylic acids is 2. The highest BCUT2D eigenvalue weighted by atomic mass is 79.9. The van der Waals surface area contributed by atoms with E-state index in [-0.39, 0.29) is 0 Å². The Morgan fingerprint density at radius 1 is 1.07 bits per heavy atom. The monoisotopic (exact) mass is 468 g/mol. The summed E-state index contributed by atoms with van der Waals surface area (Å²) >= 11 is 3.31. The van der Waals surface area contributed by atoms with Gasteiger partial charge in [-0.15, -0.1) is 0 Å². The van der Waals surface area contributed by atoms with Crippen LogP contribution >= 0.6 is 15.9 Å². The molecule has 30 heavy (non-hydrogen) atoms. The summed E-state index contributed by atoms with van der Waals surface area (Å²) in [5.41, 5.74) is 6.55. The first kappa shape index (κ1) is 21.3. The maximum atomic E-state index is 12.0. The first-order valence-corrected chi connectivity index (χ1v) is 9.91. The minimum atomic E-state index is -0.852. The van der Waals surface area contributed by atoms with Crippen molar-refractivity contribution in [3.8, 4) is 11.4 Å². The number of benzene rings is 2. The van der Waals surface area contributed by atoms with Gasteiger partial charge in [0.15, 0.2) is 0 Å². The Hall–Kier alpha value is -3.39. The zero-order chi connectivity index (χ0) is 21.7. The first-order chi connectivity index (χ1) is 14.4. The quantitative estimate of drug-likeness (QED) is 0.337. The molecule has 0 aliphatic carbocycles. The van der Waals surface area contributed by atoms with Crippen LogP contribution in [-0.2, 0) is 9.59 Å². The van der Waals surface area contributed by atoms with Gasteiger partial charge in [-0.05, 0) is 62.4 Å². The van der Waals surface area contributed by atoms with Gasteiger partial charge >= 0.3 is 11.8 Å². The van der Waals surface area contributed by atoms with E-state index in [0.29, 0.717) is 5.69 Å². The van der Waals surface area contributed by atoms with Crippen molar-refractivity contribution in [3.63, 3.8) is 0 Å². The molecule has 8 heteroatoms. The molecule has 3 aromatic rings. The third-order valence-corrected chi connectivity index (χ3v) is 4.95. The van der Waals surface area contributed by atoms with Crippen molar-refractivity contribution in [3.05, 3.63) is 76.0 Å². The fraction of sp³-hybridized carbons (Fsp3) is 0.136. The Morgan fingerprint density at radius 3 is 2.47 bits per heavy atom. The van der Waals surface area contributed by atoms with E-state index in [2.05, 4.69) is 36.3 Å². The molecule has 1 aromatic heterocycles. The zero-order valence-corrected chi connectivity index (χ0v) is 18.4. The van der Waals surface area contributed by atoms with Gasteiger partial charge < -0.3 is 14.6 Å². The second-order valence-electron chi connectivity index (χ2n) is 6.52. The number of hydrogen-bond donors (Lipinski definition) is 2. The topological polar surface area (TPSA) is 84.7 Å². The predicted molar refractivity (Wildman–Crippen MR) is 120 cm³/mol. The van der Waals surface area contributed by atoms with Gasteiger partial charge in [0.25, 0.3) is 0 Å². The molecule has 0 bridgehead atoms. The molecule has 0 saturated carbocycles. The smallest absolute Gasteiger partial charge is 0.329 e. The number of halogens is 1. The molecule has 0 unspecified atom stereocenters. The normalized spacial score (nSPS) is 10.8. The van der Waals surface area contributed by atoms with Gasteiger partial charge in [-0.3, -0.25) is 9.59 Å². The molecule has 0 fully saturated rings. The van der Waals surface area contributed by atoms with Crippen LogP contribution in [0, 0.1) is 13.8 Å². The summed E-state index contributed by atoms with van der Waals surface area (Å²) in [5, 5.41) is 6.45. The summed E-state index contributed by atoms with van der Waals surface area (Å²) < 4.78 is 8.07. The summed E-state index contributed by atoms with van der Waals surface area (Å²) in [4.78, 5) is 24.0. The maximum absolute atomic E-state index is 12.0. The molecule has 1 heterocycles. The van der Waals surface area contributed by atoms with Crippen molar-refractivity contribution in [2.45, 2.75) is 13.8 Å². The zero-order valence-electron chi connectivity index (χ0n) is 16.8. The number of hydrazone groups is 1. The third-order valence-electron chi connectivity index (χ3n) is 4.46. The van der Waals surface area contributed by atoms with Crippen LogP contribution in [0.1, 0.15) is 17.0 Å². The molecule has 0 aliphatic heterocycles. The maximum Gasteiger partial charge on any atom is 0.329 e. The number of amides is 2. The Labute approximate surface area is 182 Å². The molecule has 0 radical (unpaired) electrons. The lowest BCUT2D eigenvalue weighted by Crippen LogP contribution is -2.32. The Kier molecular flexibility index (Phi) is 6.68. The molecule has 0 atom stereocenters. The standard InChI is InChI=1S/C22H21BrN4O3/c1-14-11-16(15(2)27(14)19-7-9-20(30-3)10-8-19)13-24-26-22(29)21(28)25-18-6-4-5-17(23)12-18/h4-13H,1-3H3,(H,25,28)(H,26,29)/b24-13-. The van der Waals surface area contributed by atoms with Crippen molar-refractivity contribution in [2.75, 3.05) is 12.4 Å². The minimum Gasteiger partial charge on any atom is -0.497 e. The lowest BCUT2D eigenvalue weighted by Gasteiger charge is -2.10. The van der Waals surface area contributed by atoms with Crippen LogP contribution in [0.25, 0.3) is 5.69 Å². The number of hydrogen-bond acceptors (Lipinski definition) is 4. The van der Waals surface area contributed by atoms with Gasteiger partial charge in [-0.25, -0.2) is 5.43 Å². The van der Waals surface area contributed by atoms with E-state index in [4.69, 9.17) is 4.74 Å². The lowest BCUT2D eigenvalue weighted by atomic mass is 10.2. The second kappa shape index (κ2) is 9.41. The summed E-state index contributed by atoms with van der Waals surface area (Å²) in [6.45, 7) is 3.94. The highest BCUT2D eigenvalue weighted by Gasteiger charge is 2.14. The summed E-state index contributed by atoms with van der Waals surface area (Å²) in [7, 11) is 1.63. The summed E-state index contributed by atoms with van der Waals surface area (Å²) in [6.07, 6.45) is 1.52. The predicted octanol–water partition coefficient (Wildman–Crippen LogP) is 3.95. The number of nitrogens with zero attached hydrogens (tertiary/aromatic N) is 2. The number of carbonyl (C=O) groups is 2. The van der Waals surface area contributed by atoms with Gasteiger partial charge in [0.2, 0.25) is 0 Å². The molecule has 7 nitrogen and oxygen atoms in total. The van der Waals surface area contributed by atoms with Gasteiger partial charge in [0.05, 0.1) is 13.3 Å². The van der Waals surface area contributed by atoms with Crippen LogP contribution in [0.4, 0.5) is 5.69 Å². The number of aryl methyl sites for hydroxylation is 1. The van der Waals surface area contributed by atoms with Gasteiger partial charge in [-0.1, -0.05) is 22.0 Å². The van der Waals surface area contributed by atoms with E-state index < -0.39 is 11.8 Å². The number of aromatic nitrogens is 1. The van der Waals surface area contributed by atoms with Gasteiger partial charge in [-0.2, -0.15) is 5.10 Å². The van der Waals surface area contributed by atoms with Crippen LogP contribution in [0.2, 0.25) is 0 Å². The molecule has 0 saturated heterocycles. The number of rotatable bonds is 5. The minimum absolute atomic E-state index is 0.511. The summed E-state index contributed by atoms with van der Waals surface area (Å²) in [6, 6.07) is 16.6. The molecule has 0 aliphatic rings. The van der Waals surface area contributed by atoms with Crippen LogP contribution in [0.3, 0.4) is 0 Å². The molecule has 2 aromatic carbocycles. The van der Waals surface area contributed by atoms with E-state index in [9.17, 15) is 9.59 Å². The number of anilines is 1. The molecule has 3 rings (SSSR count). The average molecular weight is 469 g/mol. The van der Waals surface area contributed by atoms with E-state index in [1.165, 1.54) is 6.21 Å².